The van der Waals surface area contributed by atoms with Gasteiger partial charge in [0.1, 0.15) is 59.0 Å². The van der Waals surface area contributed by atoms with Crippen molar-refractivity contribution in [2.45, 2.75) is 83.3 Å². The Morgan fingerprint density at radius 3 is 2.40 bits per heavy atom. The molecular weight excluding hydrogens is 1080 g/mol. The summed E-state index contributed by atoms with van der Waals surface area (Å²) in [7, 11) is 1.60. The summed E-state index contributed by atoms with van der Waals surface area (Å²) in [4.78, 5) is 37.0. The Labute approximate surface area is 476 Å². The Balaban J connectivity index is 0.000000237. The smallest absolute Gasteiger partial charge is 0.319 e. The van der Waals surface area contributed by atoms with Crippen molar-refractivity contribution in [3.8, 4) is 51.3 Å². The van der Waals surface area contributed by atoms with Crippen molar-refractivity contribution >= 4 is 67.1 Å². The average molecular weight is 1140 g/mol. The zero-order valence-corrected chi connectivity index (χ0v) is 46.8. The number of aliphatic hydroxyl groups is 1. The van der Waals surface area contributed by atoms with E-state index in [0.29, 0.717) is 93.6 Å². The van der Waals surface area contributed by atoms with Gasteiger partial charge in [-0.2, -0.15) is 15.2 Å². The van der Waals surface area contributed by atoms with E-state index in [1.165, 1.54) is 17.0 Å². The van der Waals surface area contributed by atoms with Gasteiger partial charge < -0.3 is 45.5 Å². The Kier molecular flexibility index (Phi) is 17.4. The molecule has 11 rings (SSSR count). The fourth-order valence-corrected chi connectivity index (χ4v) is 11.9. The molecule has 21 heteroatoms. The fraction of sp³-hybridized carbons (Fsp3) is 0.350. The molecule has 420 valence electrons. The van der Waals surface area contributed by atoms with Gasteiger partial charge in [-0.25, -0.2) is 13.5 Å². The van der Waals surface area contributed by atoms with Crippen molar-refractivity contribution in [1.29, 1.82) is 5.26 Å². The summed E-state index contributed by atoms with van der Waals surface area (Å²) in [6.07, 6.45) is 6.23. The van der Waals surface area contributed by atoms with Gasteiger partial charge in [-0.05, 0) is 79.0 Å². The normalized spacial score (nSPS) is 17.5. The summed E-state index contributed by atoms with van der Waals surface area (Å²) in [5, 5.41) is 36.7. The number of amides is 2. The number of nitrogens with two attached hydrogens (primary N) is 1. The number of likely N-dealkylation sites (tertiary alicyclic amines) is 1. The number of ether oxygens (including phenoxy) is 3. The lowest BCUT2D eigenvalue weighted by Gasteiger charge is -2.34. The second-order valence-electron chi connectivity index (χ2n) is 20.8. The number of benzene rings is 5. The van der Waals surface area contributed by atoms with Crippen molar-refractivity contribution in [2.24, 2.45) is 5.92 Å². The van der Waals surface area contributed by atoms with E-state index < -0.39 is 17.9 Å². The third-order valence-corrected chi connectivity index (χ3v) is 16.7. The van der Waals surface area contributed by atoms with Crippen LogP contribution >= 0.6 is 22.9 Å². The molecule has 0 spiro atoms. The highest BCUT2D eigenvalue weighted by atomic mass is 35.5. The van der Waals surface area contributed by atoms with Crippen LogP contribution in [0.5, 0.6) is 11.8 Å². The molecule has 8 aromatic rings. The summed E-state index contributed by atoms with van der Waals surface area (Å²) in [5.74, 6) is 0.380. The number of hydrogen-bond donors (Lipinski definition) is 4. The van der Waals surface area contributed by atoms with Crippen molar-refractivity contribution in [2.75, 3.05) is 57.2 Å². The van der Waals surface area contributed by atoms with Gasteiger partial charge in [0.05, 0.1) is 46.8 Å². The topological polar surface area (TPSA) is 219 Å². The Morgan fingerprint density at radius 2 is 1.70 bits per heavy atom. The molecule has 5 atom stereocenters. The highest BCUT2D eigenvalue weighted by Gasteiger charge is 2.35. The molecule has 0 radical (unpaired) electrons. The highest BCUT2D eigenvalue weighted by molar-refractivity contribution is 7.23. The molecule has 5 unspecified atom stereocenters. The fourth-order valence-electron chi connectivity index (χ4n) is 10.7. The van der Waals surface area contributed by atoms with E-state index in [-0.39, 0.29) is 58.9 Å². The van der Waals surface area contributed by atoms with Crippen molar-refractivity contribution in [1.82, 2.24) is 40.5 Å². The Morgan fingerprint density at radius 1 is 0.963 bits per heavy atom. The van der Waals surface area contributed by atoms with E-state index in [4.69, 9.17) is 41.5 Å². The van der Waals surface area contributed by atoms with Crippen molar-refractivity contribution < 1.29 is 37.7 Å². The highest BCUT2D eigenvalue weighted by Crippen LogP contribution is 2.50. The first-order valence-corrected chi connectivity index (χ1v) is 28.2. The number of nitrogens with zero attached hydrogens (tertiary/aromatic N) is 8. The van der Waals surface area contributed by atoms with E-state index in [9.17, 15) is 24.3 Å². The maximum absolute atomic E-state index is 15.3. The molecular formula is C60H62ClF2N11O6S. The lowest BCUT2D eigenvalue weighted by Crippen LogP contribution is -2.51. The van der Waals surface area contributed by atoms with Crippen LogP contribution in [0.3, 0.4) is 0 Å². The SMILES string of the molecule is COCCOc1nc(N2CC3CCC(C2)N3)c2cc(Cl)c(-c3ccc(F)c4sc(N)c(C#N)c34)c(OCc3ccc(-c4cn(C(C)C(C)C)nn4)cc3)c2n1.O=CN1CCCC1C(=O)NC(CO)c1ccc(-c2ccccc2F)cc1. The number of fused-ring (bicyclic) bond motifs is 4. The molecule has 0 saturated carbocycles. The minimum Gasteiger partial charge on any atom is -0.486 e. The minimum atomic E-state index is -0.578. The summed E-state index contributed by atoms with van der Waals surface area (Å²) in [6, 6.07) is 28.4. The number of methoxy groups -OCH3 is 1. The summed E-state index contributed by atoms with van der Waals surface area (Å²) in [5.41, 5.74) is 12.4. The molecule has 3 aliphatic rings. The molecule has 17 nitrogen and oxygen atoms in total. The Bertz CT molecular complexity index is 3600. The number of rotatable bonds is 18. The second-order valence-corrected chi connectivity index (χ2v) is 22.3. The standard InChI is InChI=1S/C40H41ClFN9O3S.C20H21FN2O3/c1-21(2)22(3)51-19-32(48-49-51)24-7-5-23(6-8-24)20-54-36-34(27-11-12-31(42)37-33(27)29(16-43)38(44)55-37)30(41)15-28-35(36)46-40(53-14-13-52-4)47-39(28)50-17-25-9-10-26(18-50)45-25;21-17-5-2-1-4-16(17)14-7-9-15(10-8-14)18(12-24)22-20(26)19-6-3-11-23(19)13-25/h5-8,11-12,15,19,21-22,25-26,45H,9-10,13-14,17-18,20,44H2,1-4H3;1-2,4-5,7-10,13,18-19,24H,3,6,11-12H2,(H,22,26). The lowest BCUT2D eigenvalue weighted by molar-refractivity contribution is -0.131. The van der Waals surface area contributed by atoms with Gasteiger partial charge in [-0.3, -0.25) is 9.59 Å². The molecule has 3 aromatic heterocycles. The summed E-state index contributed by atoms with van der Waals surface area (Å²) < 4.78 is 49.4. The van der Waals surface area contributed by atoms with E-state index in [0.717, 1.165) is 71.6 Å². The maximum atomic E-state index is 15.3. The average Bonchev–Trinajstić information content (AvgIpc) is 4.44. The number of halogens is 3. The zero-order valence-electron chi connectivity index (χ0n) is 45.2. The lowest BCUT2D eigenvalue weighted by atomic mass is 9.96. The number of thiophene rings is 1. The monoisotopic (exact) mass is 1140 g/mol. The van der Waals surface area contributed by atoms with Gasteiger partial charge in [-0.1, -0.05) is 103 Å². The van der Waals surface area contributed by atoms with Gasteiger partial charge in [0, 0.05) is 66.3 Å². The van der Waals surface area contributed by atoms with Gasteiger partial charge in [0.15, 0.2) is 5.75 Å². The van der Waals surface area contributed by atoms with E-state index in [1.807, 2.05) is 41.2 Å². The molecule has 3 fully saturated rings. The largest absolute Gasteiger partial charge is 0.486 e. The number of nitriles is 1. The van der Waals surface area contributed by atoms with E-state index in [2.05, 4.69) is 52.7 Å². The van der Waals surface area contributed by atoms with Crippen LogP contribution in [-0.2, 0) is 20.9 Å². The first-order valence-electron chi connectivity index (χ1n) is 27.0. The van der Waals surface area contributed by atoms with Crippen LogP contribution in [0.4, 0.5) is 19.6 Å². The predicted octanol–water partition coefficient (Wildman–Crippen LogP) is 10.0. The Hall–Kier alpha value is -7.80. The molecule has 6 heterocycles. The van der Waals surface area contributed by atoms with Crippen LogP contribution in [0, 0.1) is 28.9 Å². The van der Waals surface area contributed by atoms with Gasteiger partial charge in [0.2, 0.25) is 12.3 Å². The number of hydrogen-bond acceptors (Lipinski definition) is 15. The number of nitrogens with one attached hydrogen (secondary N) is 2. The van der Waals surface area contributed by atoms with Crippen molar-refractivity contribution in [3.63, 3.8) is 0 Å². The van der Waals surface area contributed by atoms with E-state index in [1.54, 1.807) is 55.6 Å². The molecule has 81 heavy (non-hydrogen) atoms. The number of carbonyl (C=O) groups excluding carboxylic acids is 2. The third-order valence-electron chi connectivity index (χ3n) is 15.3. The molecule has 5 N–H and O–H groups in total. The molecule has 0 aliphatic carbocycles. The molecule has 3 saturated heterocycles. The number of carbonyl (C=O) groups is 2. The zero-order chi connectivity index (χ0) is 56.9. The van der Waals surface area contributed by atoms with Crippen molar-refractivity contribution in [3.05, 3.63) is 131 Å². The number of aliphatic hydroxyl groups excluding tert-OH is 1. The summed E-state index contributed by atoms with van der Waals surface area (Å²) >= 11 is 8.31. The van der Waals surface area contributed by atoms with Crippen LogP contribution in [-0.4, -0.2) is 112 Å². The molecule has 3 aliphatic heterocycles. The second kappa shape index (κ2) is 24.9. The number of piperazine rings is 1. The number of anilines is 2. The minimum absolute atomic E-state index is 0.137. The third kappa shape index (κ3) is 12.0. The van der Waals surface area contributed by atoms with Gasteiger partial charge >= 0.3 is 6.01 Å². The quantitative estimate of drug-likeness (QED) is 0.0464. The first kappa shape index (κ1) is 56.5. The van der Waals surface area contributed by atoms with E-state index >= 15 is 4.39 Å². The molecule has 5 aromatic carbocycles. The van der Waals surface area contributed by atoms with Crippen LogP contribution in [0.2, 0.25) is 5.02 Å². The maximum Gasteiger partial charge on any atom is 0.319 e. The van der Waals surface area contributed by atoms with Gasteiger partial charge in [-0.15, -0.1) is 16.4 Å². The molecule has 2 bridgehead atoms. The predicted molar refractivity (Wildman–Crippen MR) is 309 cm³/mol. The van der Waals surface area contributed by atoms with Crippen LogP contribution in [0.15, 0.2) is 97.2 Å². The van der Waals surface area contributed by atoms with Crippen LogP contribution in [0.1, 0.15) is 75.2 Å². The van der Waals surface area contributed by atoms with Crippen LogP contribution < -0.4 is 30.7 Å². The first-order chi connectivity index (χ1) is 39.3. The summed E-state index contributed by atoms with van der Waals surface area (Å²) in [6.45, 7) is 8.97. The van der Waals surface area contributed by atoms with Gasteiger partial charge in [0.25, 0.3) is 0 Å². The number of aromatic nitrogens is 5. The number of nitrogen functional groups attached to an aromatic ring is 1. The van der Waals surface area contributed by atoms with Crippen LogP contribution in [0.25, 0.3) is 54.5 Å². The molecule has 2 amide bonds.